The number of piperidine rings is 1. The number of pyridine rings is 1. The number of nitrogens with zero attached hydrogens (tertiary/aromatic N) is 2. The highest BCUT2D eigenvalue weighted by Gasteiger charge is 2.45. The van der Waals surface area contributed by atoms with E-state index in [0.29, 0.717) is 12.1 Å². The van der Waals surface area contributed by atoms with Gasteiger partial charge in [0, 0.05) is 23.1 Å². The number of carbonyl (C=O) groups excluding carboxylic acids is 3. The third-order valence-corrected chi connectivity index (χ3v) is 5.47. The van der Waals surface area contributed by atoms with E-state index in [9.17, 15) is 27.6 Å². The molecule has 1 aromatic carbocycles. The lowest BCUT2D eigenvalue weighted by Gasteiger charge is -2.32. The summed E-state index contributed by atoms with van der Waals surface area (Å²) < 4.78 is 54.8. The average molecular weight is 436 g/mol. The van der Waals surface area contributed by atoms with Crippen LogP contribution in [0.3, 0.4) is 0 Å². The second kappa shape index (κ2) is 7.03. The SMILES string of the molecule is C[C@@H]1c2c(ccc(-c3cc(C(F)(F)F)cc(N)n3)c2F)C(=O)N1C1CCC(=O)NC1=O. The largest absolute Gasteiger partial charge is 0.416 e. The summed E-state index contributed by atoms with van der Waals surface area (Å²) in [7, 11) is 0. The van der Waals surface area contributed by atoms with Gasteiger partial charge in [-0.05, 0) is 37.6 Å². The average Bonchev–Trinajstić information content (AvgIpc) is 2.92. The minimum absolute atomic E-state index is 0.00148. The number of halogens is 4. The Morgan fingerprint density at radius 3 is 2.48 bits per heavy atom. The van der Waals surface area contributed by atoms with E-state index >= 15 is 4.39 Å². The molecule has 0 spiro atoms. The monoisotopic (exact) mass is 436 g/mol. The summed E-state index contributed by atoms with van der Waals surface area (Å²) >= 11 is 0. The number of nitrogens with one attached hydrogen (secondary N) is 1. The van der Waals surface area contributed by atoms with Crippen LogP contribution in [0.15, 0.2) is 24.3 Å². The number of aromatic nitrogens is 1. The lowest BCUT2D eigenvalue weighted by atomic mass is 9.98. The van der Waals surface area contributed by atoms with Crippen LogP contribution in [0.2, 0.25) is 0 Å². The van der Waals surface area contributed by atoms with Gasteiger partial charge >= 0.3 is 6.18 Å². The smallest absolute Gasteiger partial charge is 0.384 e. The van der Waals surface area contributed by atoms with E-state index in [1.54, 1.807) is 0 Å². The maximum atomic E-state index is 15.4. The lowest BCUT2D eigenvalue weighted by Crippen LogP contribution is -2.53. The molecule has 7 nitrogen and oxygen atoms in total. The maximum absolute atomic E-state index is 15.4. The standard InChI is InChI=1S/C20H16F4N4O3/c1-8-16-11(19(31)28(8)13-4-5-15(29)27-18(13)30)3-2-10(17(16)21)12-6-9(20(22,23)24)7-14(25)26-12/h2-3,6-8,13H,4-5H2,1H3,(H2,25,26)(H,27,29,30)/t8-,13?/m1/s1. The van der Waals surface area contributed by atoms with Gasteiger partial charge in [0.15, 0.2) is 0 Å². The number of fused-ring (bicyclic) bond motifs is 1. The molecule has 4 rings (SSSR count). The number of hydrogen-bond donors (Lipinski definition) is 2. The van der Waals surface area contributed by atoms with E-state index in [4.69, 9.17) is 5.73 Å². The minimum Gasteiger partial charge on any atom is -0.384 e. The van der Waals surface area contributed by atoms with Gasteiger partial charge in [-0.15, -0.1) is 0 Å². The molecule has 1 saturated heterocycles. The van der Waals surface area contributed by atoms with Crippen LogP contribution in [-0.2, 0) is 15.8 Å². The third-order valence-electron chi connectivity index (χ3n) is 5.47. The molecule has 1 fully saturated rings. The van der Waals surface area contributed by atoms with Crippen LogP contribution in [-0.4, -0.2) is 33.6 Å². The summed E-state index contributed by atoms with van der Waals surface area (Å²) in [6.07, 6.45) is -4.58. The zero-order valence-electron chi connectivity index (χ0n) is 16.1. The highest BCUT2D eigenvalue weighted by molar-refractivity contribution is 6.06. The molecule has 3 N–H and O–H groups in total. The Balaban J connectivity index is 1.77. The van der Waals surface area contributed by atoms with Gasteiger partial charge in [-0.3, -0.25) is 19.7 Å². The van der Waals surface area contributed by atoms with Crippen molar-refractivity contribution in [1.29, 1.82) is 0 Å². The van der Waals surface area contributed by atoms with E-state index in [-0.39, 0.29) is 35.2 Å². The van der Waals surface area contributed by atoms with E-state index in [1.165, 1.54) is 17.9 Å². The molecule has 1 aromatic heterocycles. The topological polar surface area (TPSA) is 105 Å². The number of alkyl halides is 3. The van der Waals surface area contributed by atoms with Crippen molar-refractivity contribution in [1.82, 2.24) is 15.2 Å². The van der Waals surface area contributed by atoms with Crippen molar-refractivity contribution in [3.05, 3.63) is 46.8 Å². The molecule has 0 saturated carbocycles. The fourth-order valence-electron chi connectivity index (χ4n) is 4.05. The lowest BCUT2D eigenvalue weighted by molar-refractivity contribution is -0.138. The van der Waals surface area contributed by atoms with Crippen molar-refractivity contribution in [2.45, 2.75) is 38.0 Å². The van der Waals surface area contributed by atoms with Gasteiger partial charge in [-0.25, -0.2) is 9.37 Å². The number of imide groups is 1. The molecule has 0 bridgehead atoms. The molecule has 162 valence electrons. The van der Waals surface area contributed by atoms with Crippen molar-refractivity contribution >= 4 is 23.5 Å². The molecular formula is C20H16F4N4O3. The van der Waals surface area contributed by atoms with Crippen molar-refractivity contribution in [3.8, 4) is 11.3 Å². The van der Waals surface area contributed by atoms with E-state index < -0.39 is 53.2 Å². The zero-order chi connectivity index (χ0) is 22.7. The normalized spacial score (nSPS) is 21.3. The molecule has 2 aliphatic heterocycles. The summed E-state index contributed by atoms with van der Waals surface area (Å²) in [6, 6.07) is 1.93. The summed E-state index contributed by atoms with van der Waals surface area (Å²) in [5.41, 5.74) is 3.78. The third kappa shape index (κ3) is 3.39. The van der Waals surface area contributed by atoms with E-state index in [1.807, 2.05) is 0 Å². The Kier molecular flexibility index (Phi) is 4.71. The molecule has 11 heteroatoms. The first-order chi connectivity index (χ1) is 14.5. The highest BCUT2D eigenvalue weighted by Crippen LogP contribution is 2.41. The fraction of sp³-hybridized carbons (Fsp3) is 0.300. The number of carbonyl (C=O) groups is 3. The van der Waals surface area contributed by atoms with Gasteiger partial charge < -0.3 is 10.6 Å². The van der Waals surface area contributed by atoms with Crippen molar-refractivity contribution < 1.29 is 31.9 Å². The van der Waals surface area contributed by atoms with Crippen LogP contribution in [0, 0.1) is 5.82 Å². The molecule has 0 aliphatic carbocycles. The van der Waals surface area contributed by atoms with Crippen LogP contribution in [0.1, 0.15) is 47.3 Å². The molecule has 3 amide bonds. The van der Waals surface area contributed by atoms with Gasteiger partial charge in [-0.2, -0.15) is 13.2 Å². The Hall–Kier alpha value is -3.50. The number of rotatable bonds is 2. The predicted molar refractivity (Wildman–Crippen MR) is 99.8 cm³/mol. The zero-order valence-corrected chi connectivity index (χ0v) is 16.1. The number of amides is 3. The summed E-state index contributed by atoms with van der Waals surface area (Å²) in [4.78, 5) is 41.5. The number of nitrogens with two attached hydrogens (primary N) is 1. The molecule has 2 aromatic rings. The Morgan fingerprint density at radius 2 is 1.84 bits per heavy atom. The second-order valence-electron chi connectivity index (χ2n) is 7.41. The Morgan fingerprint density at radius 1 is 1.16 bits per heavy atom. The number of anilines is 1. The molecule has 2 atom stereocenters. The number of benzene rings is 1. The molecule has 31 heavy (non-hydrogen) atoms. The van der Waals surface area contributed by atoms with Crippen LogP contribution in [0.5, 0.6) is 0 Å². The van der Waals surface area contributed by atoms with Gasteiger partial charge in [0.2, 0.25) is 11.8 Å². The maximum Gasteiger partial charge on any atom is 0.416 e. The highest BCUT2D eigenvalue weighted by atomic mass is 19.4. The van der Waals surface area contributed by atoms with Gasteiger partial charge in [-0.1, -0.05) is 0 Å². The molecule has 2 aliphatic rings. The predicted octanol–water partition coefficient (Wildman–Crippen LogP) is 2.81. The summed E-state index contributed by atoms with van der Waals surface area (Å²) in [5, 5.41) is 2.16. The minimum atomic E-state index is -4.70. The Bertz CT molecular complexity index is 1130. The quantitative estimate of drug-likeness (QED) is 0.557. The summed E-state index contributed by atoms with van der Waals surface area (Å²) in [6.45, 7) is 1.51. The van der Waals surface area contributed by atoms with E-state index in [2.05, 4.69) is 10.3 Å². The van der Waals surface area contributed by atoms with Crippen LogP contribution >= 0.6 is 0 Å². The van der Waals surface area contributed by atoms with Crippen molar-refractivity contribution in [2.24, 2.45) is 0 Å². The molecule has 3 heterocycles. The van der Waals surface area contributed by atoms with Crippen LogP contribution in [0.4, 0.5) is 23.4 Å². The molecule has 1 unspecified atom stereocenters. The first-order valence-electron chi connectivity index (χ1n) is 9.33. The van der Waals surface area contributed by atoms with Gasteiger partial charge in [0.05, 0.1) is 17.3 Å². The number of nitrogen functional groups attached to an aromatic ring is 1. The van der Waals surface area contributed by atoms with Crippen LogP contribution < -0.4 is 11.1 Å². The van der Waals surface area contributed by atoms with E-state index in [0.717, 1.165) is 6.07 Å². The fourth-order valence-corrected chi connectivity index (χ4v) is 4.05. The molecular weight excluding hydrogens is 420 g/mol. The van der Waals surface area contributed by atoms with Crippen molar-refractivity contribution in [2.75, 3.05) is 5.73 Å². The summed E-state index contributed by atoms with van der Waals surface area (Å²) in [5.74, 6) is -3.06. The first-order valence-corrected chi connectivity index (χ1v) is 9.33. The van der Waals surface area contributed by atoms with Crippen LogP contribution in [0.25, 0.3) is 11.3 Å². The van der Waals surface area contributed by atoms with Gasteiger partial charge in [0.25, 0.3) is 5.91 Å². The van der Waals surface area contributed by atoms with Gasteiger partial charge in [0.1, 0.15) is 17.7 Å². The second-order valence-corrected chi connectivity index (χ2v) is 7.41. The Labute approximate surface area is 173 Å². The first kappa shape index (κ1) is 20.8. The molecule has 0 radical (unpaired) electrons. The van der Waals surface area contributed by atoms with Crippen molar-refractivity contribution in [3.63, 3.8) is 0 Å². The number of hydrogen-bond acceptors (Lipinski definition) is 5.